The number of carbonyl (C=O) groups is 1. The maximum Gasteiger partial charge on any atom is 0.264 e. The number of hydrogen-bond acceptors (Lipinski definition) is 5. The minimum atomic E-state index is -1.18. The van der Waals surface area contributed by atoms with Crippen LogP contribution in [-0.4, -0.2) is 31.1 Å². The Morgan fingerprint density at radius 3 is 2.62 bits per heavy atom. The van der Waals surface area contributed by atoms with Crippen molar-refractivity contribution >= 4 is 28.0 Å². The van der Waals surface area contributed by atoms with Gasteiger partial charge in [-0.2, -0.15) is 0 Å². The molecular formula is C22H15F2N6O2+. The van der Waals surface area contributed by atoms with Gasteiger partial charge in [-0.1, -0.05) is 11.3 Å². The molecule has 10 heteroatoms. The monoisotopic (exact) mass is 433 g/mol. The van der Waals surface area contributed by atoms with Gasteiger partial charge in [-0.05, 0) is 42.0 Å². The Morgan fingerprint density at radius 2 is 1.88 bits per heavy atom. The summed E-state index contributed by atoms with van der Waals surface area (Å²) in [5.74, 6) is -3.30. The van der Waals surface area contributed by atoms with E-state index in [-0.39, 0.29) is 11.3 Å². The van der Waals surface area contributed by atoms with E-state index in [1.54, 1.807) is 35.1 Å². The van der Waals surface area contributed by atoms with Crippen molar-refractivity contribution in [3.05, 3.63) is 83.6 Å². The molecule has 0 unspecified atom stereocenters. The van der Waals surface area contributed by atoms with Gasteiger partial charge >= 0.3 is 0 Å². The number of nitrogens with two attached hydrogens (primary N) is 1. The Hall–Kier alpha value is -4.47. The zero-order valence-electron chi connectivity index (χ0n) is 16.4. The second kappa shape index (κ2) is 7.34. The summed E-state index contributed by atoms with van der Waals surface area (Å²) in [6.07, 6.45) is 1.54. The summed E-state index contributed by atoms with van der Waals surface area (Å²) in [5.41, 5.74) is 7.16. The molecule has 0 saturated carbocycles. The molecule has 0 bridgehead atoms. The number of rotatable bonds is 4. The number of carbonyl (C=O) groups excluding carboxylic acids is 1. The Bertz CT molecular complexity index is 1510. The van der Waals surface area contributed by atoms with Crippen LogP contribution in [0.3, 0.4) is 0 Å². The van der Waals surface area contributed by atoms with Gasteiger partial charge < -0.3 is 5.73 Å². The van der Waals surface area contributed by atoms with E-state index in [1.165, 1.54) is 0 Å². The average molecular weight is 433 g/mol. The highest BCUT2D eigenvalue weighted by Gasteiger charge is 2.18. The molecule has 3 N–H and O–H groups in total. The summed E-state index contributed by atoms with van der Waals surface area (Å²) < 4.78 is 31.0. The number of pyridine rings is 2. The number of primary amides is 1. The third kappa shape index (κ3) is 3.27. The molecule has 3 heterocycles. The van der Waals surface area contributed by atoms with Crippen molar-refractivity contribution in [2.24, 2.45) is 5.73 Å². The van der Waals surface area contributed by atoms with Gasteiger partial charge in [-0.15, -0.1) is 5.10 Å². The molecule has 5 aromatic rings. The Morgan fingerprint density at radius 1 is 1.09 bits per heavy atom. The van der Waals surface area contributed by atoms with Crippen molar-refractivity contribution in [1.29, 1.82) is 0 Å². The van der Waals surface area contributed by atoms with E-state index in [2.05, 4.69) is 15.3 Å². The number of aromatic nitrogens is 5. The van der Waals surface area contributed by atoms with E-state index >= 15 is 0 Å². The lowest BCUT2D eigenvalue weighted by molar-refractivity contribution is -0.884. The quantitative estimate of drug-likeness (QED) is 0.334. The summed E-state index contributed by atoms with van der Waals surface area (Å²) in [6.45, 7) is 0.340. The number of halogens is 2. The summed E-state index contributed by atoms with van der Waals surface area (Å²) in [5, 5.41) is 19.0. The topological polar surface area (TPSA) is 111 Å². The highest BCUT2D eigenvalue weighted by Crippen LogP contribution is 2.25. The molecule has 158 valence electrons. The van der Waals surface area contributed by atoms with Crippen molar-refractivity contribution < 1.29 is 23.5 Å². The molecular weight excluding hydrogens is 418 g/mol. The molecule has 8 nitrogen and oxygen atoms in total. The lowest BCUT2D eigenvalue weighted by Gasteiger charge is -2.07. The molecule has 0 aliphatic heterocycles. The number of benzene rings is 2. The Labute approximate surface area is 179 Å². The maximum absolute atomic E-state index is 14.2. The molecule has 2 aromatic carbocycles. The zero-order valence-corrected chi connectivity index (χ0v) is 16.4. The van der Waals surface area contributed by atoms with Gasteiger partial charge in [0, 0.05) is 22.4 Å². The van der Waals surface area contributed by atoms with E-state index in [9.17, 15) is 18.8 Å². The third-order valence-corrected chi connectivity index (χ3v) is 5.12. The van der Waals surface area contributed by atoms with E-state index in [4.69, 9.17) is 5.73 Å². The first-order valence-corrected chi connectivity index (χ1v) is 9.53. The minimum Gasteiger partial charge on any atom is -0.365 e. The first-order chi connectivity index (χ1) is 15.4. The predicted octanol–water partition coefficient (Wildman–Crippen LogP) is 2.60. The molecule has 0 aliphatic rings. The molecule has 0 spiro atoms. The third-order valence-electron chi connectivity index (χ3n) is 5.12. The highest BCUT2D eigenvalue weighted by molar-refractivity contribution is 5.94. The average Bonchev–Trinajstić information content (AvgIpc) is 3.15. The molecule has 0 saturated heterocycles. The fourth-order valence-corrected chi connectivity index (χ4v) is 3.60. The van der Waals surface area contributed by atoms with Gasteiger partial charge in [-0.25, -0.2) is 18.4 Å². The van der Waals surface area contributed by atoms with Crippen LogP contribution in [0.1, 0.15) is 15.9 Å². The normalized spacial score (nSPS) is 11.3. The lowest BCUT2D eigenvalue weighted by atomic mass is 10.1. The van der Waals surface area contributed by atoms with Crippen molar-refractivity contribution in [2.45, 2.75) is 6.54 Å². The zero-order chi connectivity index (χ0) is 22.4. The summed E-state index contributed by atoms with van der Waals surface area (Å²) in [4.78, 5) is 15.7. The van der Waals surface area contributed by atoms with Crippen molar-refractivity contribution in [3.63, 3.8) is 0 Å². The van der Waals surface area contributed by atoms with Crippen molar-refractivity contribution in [1.82, 2.24) is 20.0 Å². The van der Waals surface area contributed by atoms with Crippen LogP contribution >= 0.6 is 0 Å². The highest BCUT2D eigenvalue weighted by atomic mass is 19.1. The van der Waals surface area contributed by atoms with Gasteiger partial charge in [0.05, 0.1) is 17.6 Å². The van der Waals surface area contributed by atoms with Crippen LogP contribution in [0, 0.1) is 11.6 Å². The van der Waals surface area contributed by atoms with Crippen LogP contribution in [0.5, 0.6) is 0 Å². The fourth-order valence-electron chi connectivity index (χ4n) is 3.60. The molecule has 0 radical (unpaired) electrons. The van der Waals surface area contributed by atoms with Crippen molar-refractivity contribution in [2.75, 3.05) is 0 Å². The maximum atomic E-state index is 14.2. The van der Waals surface area contributed by atoms with Gasteiger partial charge in [0.2, 0.25) is 6.20 Å². The predicted molar refractivity (Wildman–Crippen MR) is 110 cm³/mol. The second-order valence-electron chi connectivity index (χ2n) is 7.21. The molecule has 0 aliphatic carbocycles. The van der Waals surface area contributed by atoms with Gasteiger partial charge in [-0.3, -0.25) is 10.0 Å². The standard InChI is InChI=1S/C22H14F2N6O2/c23-15-9-14(10-16(24)20(15)21(25)31)17-4-5-18-22(26-17)29(28-27-18)11-12-3-6-19-13(8-12)2-1-7-30(19)32/h1-10H,11H2,(H2-,25,31,32)/p+1. The Kier molecular flexibility index (Phi) is 4.47. The molecule has 0 fully saturated rings. The van der Waals surface area contributed by atoms with Crippen LogP contribution < -0.4 is 10.5 Å². The Balaban J connectivity index is 1.54. The van der Waals surface area contributed by atoms with Crippen LogP contribution in [0.2, 0.25) is 0 Å². The molecule has 0 atom stereocenters. The first kappa shape index (κ1) is 19.5. The van der Waals surface area contributed by atoms with Crippen LogP contribution in [-0.2, 0) is 6.54 Å². The number of nitrogens with zero attached hydrogens (tertiary/aromatic N) is 5. The number of fused-ring (bicyclic) bond motifs is 2. The summed E-state index contributed by atoms with van der Waals surface area (Å²) >= 11 is 0. The fraction of sp³-hybridized carbons (Fsp3) is 0.0455. The van der Waals surface area contributed by atoms with E-state index in [0.29, 0.717) is 23.2 Å². The number of amides is 1. The largest absolute Gasteiger partial charge is 0.365 e. The van der Waals surface area contributed by atoms with Crippen LogP contribution in [0.15, 0.2) is 60.8 Å². The minimum absolute atomic E-state index is 0.151. The smallest absolute Gasteiger partial charge is 0.264 e. The molecule has 3 aromatic heterocycles. The lowest BCUT2D eigenvalue weighted by Crippen LogP contribution is -2.29. The van der Waals surface area contributed by atoms with Crippen molar-refractivity contribution in [3.8, 4) is 11.3 Å². The van der Waals surface area contributed by atoms with Crippen LogP contribution in [0.4, 0.5) is 8.78 Å². The van der Waals surface area contributed by atoms with Gasteiger partial charge in [0.1, 0.15) is 22.7 Å². The van der Waals surface area contributed by atoms with E-state index in [1.807, 2.05) is 18.2 Å². The van der Waals surface area contributed by atoms with Gasteiger partial charge in [0.25, 0.3) is 11.4 Å². The number of hydrogen-bond donors (Lipinski definition) is 2. The molecule has 5 rings (SSSR count). The van der Waals surface area contributed by atoms with E-state index < -0.39 is 23.1 Å². The van der Waals surface area contributed by atoms with Crippen LogP contribution in [0.25, 0.3) is 33.3 Å². The van der Waals surface area contributed by atoms with E-state index in [0.717, 1.165) is 27.8 Å². The first-order valence-electron chi connectivity index (χ1n) is 9.53. The molecule has 32 heavy (non-hydrogen) atoms. The second-order valence-corrected chi connectivity index (χ2v) is 7.21. The SMILES string of the molecule is NC(=O)c1c(F)cc(-c2ccc3nnn(Cc4ccc5c(ccc[n+]5O)c4)c3n2)cc1F. The summed E-state index contributed by atoms with van der Waals surface area (Å²) in [6, 6.07) is 14.4. The van der Waals surface area contributed by atoms with Gasteiger partial charge in [0.15, 0.2) is 5.65 Å². The molecule has 1 amide bonds. The summed E-state index contributed by atoms with van der Waals surface area (Å²) in [7, 11) is 0.